The monoisotopic (exact) mass is 373 g/mol. The van der Waals surface area contributed by atoms with Crippen LogP contribution in [-0.2, 0) is 11.3 Å². The fraction of sp³-hybridized carbons (Fsp3) is 0.211. The Morgan fingerprint density at radius 3 is 2.54 bits per heavy atom. The van der Waals surface area contributed by atoms with E-state index >= 15 is 0 Å². The number of halogens is 1. The largest absolute Gasteiger partial charge is 0.497 e. The SMILES string of the molecule is COc1ccc(CNC(=O)C/C(C)=N\NC(=O)c2cccc(Cl)c2)cc1. The van der Waals surface area contributed by atoms with Crippen LogP contribution in [0.25, 0.3) is 0 Å². The molecule has 0 aromatic heterocycles. The standard InChI is InChI=1S/C19H20ClN3O3/c1-13(22-23-19(25)15-4-3-5-16(20)11-15)10-18(24)21-12-14-6-8-17(26-2)9-7-14/h3-9,11H,10,12H2,1-2H3,(H,21,24)(H,23,25)/b22-13-. The zero-order chi connectivity index (χ0) is 18.9. The number of hydrazone groups is 1. The van der Waals surface area contributed by atoms with Crippen LogP contribution in [0.1, 0.15) is 29.3 Å². The fourth-order valence-corrected chi connectivity index (χ4v) is 2.31. The van der Waals surface area contributed by atoms with Crippen molar-refractivity contribution in [2.24, 2.45) is 5.10 Å². The van der Waals surface area contributed by atoms with Gasteiger partial charge < -0.3 is 10.1 Å². The van der Waals surface area contributed by atoms with Gasteiger partial charge in [0.1, 0.15) is 5.75 Å². The number of methoxy groups -OCH3 is 1. The van der Waals surface area contributed by atoms with Crippen LogP contribution in [0.15, 0.2) is 53.6 Å². The number of ether oxygens (including phenoxy) is 1. The topological polar surface area (TPSA) is 79.8 Å². The molecule has 0 aliphatic carbocycles. The average Bonchev–Trinajstić information content (AvgIpc) is 2.65. The van der Waals surface area contributed by atoms with E-state index in [1.807, 2.05) is 24.3 Å². The fourth-order valence-electron chi connectivity index (χ4n) is 2.12. The minimum absolute atomic E-state index is 0.0893. The van der Waals surface area contributed by atoms with Gasteiger partial charge in [-0.25, -0.2) is 5.43 Å². The number of carbonyl (C=O) groups is 2. The second kappa shape index (κ2) is 9.58. The van der Waals surface area contributed by atoms with Crippen molar-refractivity contribution in [1.29, 1.82) is 0 Å². The highest BCUT2D eigenvalue weighted by atomic mass is 35.5. The maximum Gasteiger partial charge on any atom is 0.271 e. The molecule has 7 heteroatoms. The molecule has 2 N–H and O–H groups in total. The molecule has 2 rings (SSSR count). The number of carbonyl (C=O) groups excluding carboxylic acids is 2. The minimum atomic E-state index is -0.384. The smallest absolute Gasteiger partial charge is 0.271 e. The molecule has 0 saturated heterocycles. The van der Waals surface area contributed by atoms with E-state index in [0.717, 1.165) is 11.3 Å². The molecule has 0 radical (unpaired) electrons. The molecular formula is C19H20ClN3O3. The lowest BCUT2D eigenvalue weighted by Crippen LogP contribution is -2.26. The average molecular weight is 374 g/mol. The molecule has 2 aromatic rings. The summed E-state index contributed by atoms with van der Waals surface area (Å²) >= 11 is 5.85. The lowest BCUT2D eigenvalue weighted by molar-refractivity contribution is -0.120. The van der Waals surface area contributed by atoms with Gasteiger partial charge in [-0.15, -0.1) is 0 Å². The molecule has 0 fully saturated rings. The van der Waals surface area contributed by atoms with Gasteiger partial charge in [0.05, 0.1) is 13.5 Å². The van der Waals surface area contributed by atoms with Crippen molar-refractivity contribution in [3.05, 3.63) is 64.7 Å². The Labute approximate surface area is 157 Å². The van der Waals surface area contributed by atoms with Crippen molar-refractivity contribution in [2.45, 2.75) is 19.9 Å². The van der Waals surface area contributed by atoms with Crippen LogP contribution in [0.3, 0.4) is 0 Å². The minimum Gasteiger partial charge on any atom is -0.497 e. The second-order valence-electron chi connectivity index (χ2n) is 5.60. The van der Waals surface area contributed by atoms with E-state index in [0.29, 0.717) is 22.8 Å². The van der Waals surface area contributed by atoms with Gasteiger partial charge in [0.2, 0.25) is 5.91 Å². The van der Waals surface area contributed by atoms with Gasteiger partial charge in [0, 0.05) is 22.8 Å². The van der Waals surface area contributed by atoms with Gasteiger partial charge >= 0.3 is 0 Å². The Kier molecular flexibility index (Phi) is 7.17. The van der Waals surface area contributed by atoms with Crippen LogP contribution >= 0.6 is 11.6 Å². The molecule has 2 aromatic carbocycles. The van der Waals surface area contributed by atoms with Crippen LogP contribution in [0.4, 0.5) is 0 Å². The molecule has 0 unspecified atom stereocenters. The zero-order valence-electron chi connectivity index (χ0n) is 14.6. The van der Waals surface area contributed by atoms with Gasteiger partial charge in [0.15, 0.2) is 0 Å². The Bertz CT molecular complexity index is 804. The van der Waals surface area contributed by atoms with Crippen molar-refractivity contribution >= 4 is 29.1 Å². The quantitative estimate of drug-likeness (QED) is 0.578. The molecule has 0 aliphatic heterocycles. The number of nitrogens with one attached hydrogen (secondary N) is 2. The summed E-state index contributed by atoms with van der Waals surface area (Å²) in [5, 5.41) is 7.22. The van der Waals surface area contributed by atoms with Crippen molar-refractivity contribution in [3.63, 3.8) is 0 Å². The van der Waals surface area contributed by atoms with Crippen LogP contribution in [0.2, 0.25) is 5.02 Å². The van der Waals surface area contributed by atoms with Crippen molar-refractivity contribution < 1.29 is 14.3 Å². The van der Waals surface area contributed by atoms with Crippen LogP contribution < -0.4 is 15.5 Å². The van der Waals surface area contributed by atoms with Crippen molar-refractivity contribution in [3.8, 4) is 5.75 Å². The second-order valence-corrected chi connectivity index (χ2v) is 6.04. The zero-order valence-corrected chi connectivity index (χ0v) is 15.3. The molecule has 0 atom stereocenters. The number of hydrogen-bond donors (Lipinski definition) is 2. The number of benzene rings is 2. The first kappa shape index (κ1) is 19.5. The van der Waals surface area contributed by atoms with Gasteiger partial charge in [-0.3, -0.25) is 9.59 Å². The molecule has 0 heterocycles. The Morgan fingerprint density at radius 2 is 1.88 bits per heavy atom. The van der Waals surface area contributed by atoms with Gasteiger partial charge in [-0.05, 0) is 42.8 Å². The Morgan fingerprint density at radius 1 is 1.15 bits per heavy atom. The van der Waals surface area contributed by atoms with Crippen LogP contribution in [-0.4, -0.2) is 24.6 Å². The first-order valence-electron chi connectivity index (χ1n) is 7.96. The molecule has 26 heavy (non-hydrogen) atoms. The van der Waals surface area contributed by atoms with Crippen molar-refractivity contribution in [2.75, 3.05) is 7.11 Å². The van der Waals surface area contributed by atoms with Gasteiger partial charge in [-0.1, -0.05) is 29.8 Å². The summed E-state index contributed by atoms with van der Waals surface area (Å²) in [4.78, 5) is 23.9. The lowest BCUT2D eigenvalue weighted by atomic mass is 10.2. The highest BCUT2D eigenvalue weighted by Gasteiger charge is 2.07. The molecular weight excluding hydrogens is 354 g/mol. The maximum atomic E-state index is 12.0. The van der Waals surface area contributed by atoms with Gasteiger partial charge in [-0.2, -0.15) is 5.10 Å². The Hall–Kier alpha value is -2.86. The van der Waals surface area contributed by atoms with E-state index < -0.39 is 0 Å². The van der Waals surface area contributed by atoms with E-state index in [1.165, 1.54) is 0 Å². The number of rotatable bonds is 7. The highest BCUT2D eigenvalue weighted by molar-refractivity contribution is 6.30. The number of nitrogens with zero attached hydrogens (tertiary/aromatic N) is 1. The van der Waals surface area contributed by atoms with Crippen LogP contribution in [0, 0.1) is 0 Å². The van der Waals surface area contributed by atoms with E-state index in [9.17, 15) is 9.59 Å². The Balaban J connectivity index is 1.80. The molecule has 0 saturated carbocycles. The summed E-state index contributed by atoms with van der Waals surface area (Å²) in [5.74, 6) is 0.197. The molecule has 0 bridgehead atoms. The van der Waals surface area contributed by atoms with Crippen LogP contribution in [0.5, 0.6) is 5.75 Å². The van der Waals surface area contributed by atoms with E-state index in [2.05, 4.69) is 15.8 Å². The third-order valence-corrected chi connectivity index (χ3v) is 3.74. The predicted octanol–water partition coefficient (Wildman–Crippen LogP) is 3.16. The summed E-state index contributed by atoms with van der Waals surface area (Å²) in [5.41, 5.74) is 4.27. The summed E-state index contributed by atoms with van der Waals surface area (Å²) < 4.78 is 5.09. The molecule has 6 nitrogen and oxygen atoms in total. The van der Waals surface area contributed by atoms with Gasteiger partial charge in [0.25, 0.3) is 5.91 Å². The van der Waals surface area contributed by atoms with E-state index in [4.69, 9.17) is 16.3 Å². The molecule has 136 valence electrons. The molecule has 2 amide bonds. The summed E-state index contributed by atoms with van der Waals surface area (Å²) in [7, 11) is 1.60. The normalized spacial score (nSPS) is 11.0. The maximum absolute atomic E-state index is 12.0. The third-order valence-electron chi connectivity index (χ3n) is 3.50. The number of amides is 2. The summed E-state index contributed by atoms with van der Waals surface area (Å²) in [6.07, 6.45) is 0.0893. The number of hydrogen-bond acceptors (Lipinski definition) is 4. The summed E-state index contributed by atoms with van der Waals surface area (Å²) in [6, 6.07) is 14.0. The first-order chi connectivity index (χ1) is 12.5. The first-order valence-corrected chi connectivity index (χ1v) is 8.34. The molecule has 0 aliphatic rings. The van der Waals surface area contributed by atoms with E-state index in [1.54, 1.807) is 38.3 Å². The highest BCUT2D eigenvalue weighted by Crippen LogP contribution is 2.11. The predicted molar refractivity (Wildman–Crippen MR) is 101 cm³/mol. The van der Waals surface area contributed by atoms with E-state index in [-0.39, 0.29) is 18.2 Å². The lowest BCUT2D eigenvalue weighted by Gasteiger charge is -2.07. The molecule has 0 spiro atoms. The van der Waals surface area contributed by atoms with Crippen molar-refractivity contribution in [1.82, 2.24) is 10.7 Å². The third kappa shape index (κ3) is 6.22. The summed E-state index contributed by atoms with van der Waals surface area (Å²) in [6.45, 7) is 2.08.